The molecule has 13 rings (SSSR count). The van der Waals surface area contributed by atoms with E-state index in [9.17, 15) is 28.8 Å². The molecule has 0 bridgehead atoms. The minimum absolute atomic E-state index is 0.00519. The third-order valence-electron chi connectivity index (χ3n) is 16.2. The van der Waals surface area contributed by atoms with Crippen LogP contribution in [0.5, 0.6) is 0 Å². The summed E-state index contributed by atoms with van der Waals surface area (Å²) in [5.41, 5.74) is 35.7. The van der Waals surface area contributed by atoms with Gasteiger partial charge in [0.2, 0.25) is 0 Å². The molecule has 6 aromatic rings. The van der Waals surface area contributed by atoms with Crippen LogP contribution < -0.4 is 98.8 Å². The number of anilines is 12. The van der Waals surface area contributed by atoms with E-state index in [4.69, 9.17) is 54.8 Å². The van der Waals surface area contributed by atoms with E-state index in [1.807, 2.05) is 44.2 Å². The van der Waals surface area contributed by atoms with Crippen molar-refractivity contribution in [2.75, 3.05) is 131 Å². The molecule has 0 spiro atoms. The molecule has 13 heterocycles. The quantitative estimate of drug-likeness (QED) is 0.0483. The lowest BCUT2D eigenvalue weighted by Gasteiger charge is -2.23. The molecule has 7 aliphatic heterocycles. The number of aliphatic hydroxyl groups is 4. The molecule has 1 saturated heterocycles. The van der Waals surface area contributed by atoms with Gasteiger partial charge in [0.1, 0.15) is 45.8 Å². The Morgan fingerprint density at radius 2 is 0.750 bits per heavy atom. The van der Waals surface area contributed by atoms with Gasteiger partial charge in [-0.2, -0.15) is 0 Å². The lowest BCUT2D eigenvalue weighted by Crippen LogP contribution is -2.32. The summed E-state index contributed by atoms with van der Waals surface area (Å²) in [6, 6.07) is 0.289. The Hall–Kier alpha value is -8.50. The Morgan fingerprint density at radius 1 is 0.409 bits per heavy atom. The highest BCUT2D eigenvalue weighted by atomic mass is 16.3. The number of nitrogens with two attached hydrogens (primary N) is 6. The second-order valence-electron chi connectivity index (χ2n) is 22.8. The summed E-state index contributed by atoms with van der Waals surface area (Å²) in [4.78, 5) is 74.1. The van der Waals surface area contributed by atoms with Crippen LogP contribution in [0, 0.1) is 0 Å². The van der Waals surface area contributed by atoms with Crippen LogP contribution in [0.2, 0.25) is 0 Å². The number of aromatic nitrogens is 12. The predicted octanol–water partition coefficient (Wildman–Crippen LogP) is -2.35. The van der Waals surface area contributed by atoms with E-state index < -0.39 is 6.10 Å². The second-order valence-corrected chi connectivity index (χ2v) is 22.8. The standard InChI is InChI=1S/C10H18N4O3.C10H16N4O.C9H16N4O2.C9H16N4O.C8H14N4O2.C8H14N4O/c11-8-9(12(4-6-15)5-7-16)13-2-1-3-14(13)10(8)17;11-8-9(12-4-1-2-5-12)13-6-3-7-14(13)10(8)15;1-6(14)5-11-8-7(10)9(15)13-4-2-3-12(8)13;1-6(2)11-8-7(10)9(14)13-5-3-4-12(8)13;9-6-7(10-2-5-13)11-3-1-4-12(11)8(6)14;1-2-10-7-6(9)8(13)12-5-3-4-11(7)12/h15-16H,1-7,11H2;1-7,11H2;6,11,14H,2-5,10H2,1H3;6,11H,3-5,10H2,1-2H3;10,13H,1-5,9H2;10H,2-5,9H2,1H3. The van der Waals surface area contributed by atoms with Crippen molar-refractivity contribution in [3.8, 4) is 0 Å². The highest BCUT2D eigenvalue weighted by molar-refractivity contribution is 5.66. The Labute approximate surface area is 507 Å². The van der Waals surface area contributed by atoms with Crippen LogP contribution in [0.1, 0.15) is 79.1 Å². The molecule has 0 aliphatic carbocycles. The maximum atomic E-state index is 11.9. The molecule has 7 aliphatic rings. The number of rotatable bonds is 16. The Balaban J connectivity index is 0.000000137. The van der Waals surface area contributed by atoms with E-state index in [-0.39, 0.29) is 76.3 Å². The van der Waals surface area contributed by atoms with Gasteiger partial charge >= 0.3 is 0 Å². The number of hydrogen-bond donors (Lipinski definition) is 14. The fraction of sp³-hybridized carbons (Fsp3) is 0.667. The molecule has 34 heteroatoms. The third kappa shape index (κ3) is 13.3. The molecule has 34 nitrogen and oxygen atoms in total. The molecule has 0 aromatic carbocycles. The number of nitrogens with zero attached hydrogens (tertiary/aromatic N) is 14. The zero-order chi connectivity index (χ0) is 63.7. The fourth-order valence-corrected chi connectivity index (χ4v) is 12.3. The van der Waals surface area contributed by atoms with Crippen molar-refractivity contribution in [3.05, 3.63) is 62.1 Å². The average molecular weight is 1240 g/mol. The van der Waals surface area contributed by atoms with Crippen molar-refractivity contribution in [2.45, 2.75) is 170 Å². The van der Waals surface area contributed by atoms with Gasteiger partial charge in [-0.15, -0.1) is 0 Å². The molecule has 490 valence electrons. The van der Waals surface area contributed by atoms with Gasteiger partial charge in [-0.1, -0.05) is 0 Å². The molecule has 1 atom stereocenters. The number of fused-ring (bicyclic) bond motifs is 6. The number of nitrogens with one attached hydrogen (secondary N) is 4. The molecular weight excluding hydrogens is 1140 g/mol. The Bertz CT molecular complexity index is 3710. The lowest BCUT2D eigenvalue weighted by atomic mass is 10.3. The maximum absolute atomic E-state index is 11.9. The van der Waals surface area contributed by atoms with Gasteiger partial charge in [-0.3, -0.25) is 56.9 Å². The fourth-order valence-electron chi connectivity index (χ4n) is 12.3. The normalized spacial score (nSPS) is 15.7. The molecule has 1 unspecified atom stereocenters. The Kier molecular flexibility index (Phi) is 21.6. The van der Waals surface area contributed by atoms with Crippen LogP contribution in [0.15, 0.2) is 28.8 Å². The van der Waals surface area contributed by atoms with Gasteiger partial charge < -0.3 is 85.9 Å². The lowest BCUT2D eigenvalue weighted by molar-refractivity contribution is 0.208. The second kappa shape index (κ2) is 29.0. The van der Waals surface area contributed by atoms with Crippen LogP contribution in [0.4, 0.5) is 69.0 Å². The summed E-state index contributed by atoms with van der Waals surface area (Å²) in [6.45, 7) is 21.6. The first-order valence-electron chi connectivity index (χ1n) is 30.8. The summed E-state index contributed by atoms with van der Waals surface area (Å²) in [6.07, 6.45) is 7.87. The Morgan fingerprint density at radius 3 is 1.16 bits per heavy atom. The van der Waals surface area contributed by atoms with E-state index in [1.54, 1.807) is 39.9 Å². The van der Waals surface area contributed by atoms with E-state index in [1.165, 1.54) is 12.8 Å². The van der Waals surface area contributed by atoms with Crippen molar-refractivity contribution in [1.82, 2.24) is 56.2 Å². The van der Waals surface area contributed by atoms with Gasteiger partial charge in [0.05, 0.1) is 25.9 Å². The highest BCUT2D eigenvalue weighted by Crippen LogP contribution is 2.29. The first kappa shape index (κ1) is 65.5. The summed E-state index contributed by atoms with van der Waals surface area (Å²) in [5.74, 6) is 4.43. The highest BCUT2D eigenvalue weighted by Gasteiger charge is 2.29. The van der Waals surface area contributed by atoms with Gasteiger partial charge in [-0.05, 0) is 79.1 Å². The number of aliphatic hydroxyl groups excluding tert-OH is 4. The van der Waals surface area contributed by atoms with Gasteiger partial charge in [0.15, 0.2) is 23.3 Å². The molecule has 0 saturated carbocycles. The zero-order valence-electron chi connectivity index (χ0n) is 51.3. The smallest absolute Gasteiger partial charge is 0.292 e. The third-order valence-corrected chi connectivity index (χ3v) is 16.2. The first-order valence-corrected chi connectivity index (χ1v) is 30.8. The molecular formula is C54H94N24O10. The molecule has 0 radical (unpaired) electrons. The van der Waals surface area contributed by atoms with Gasteiger partial charge in [-0.25, -0.2) is 28.1 Å². The molecule has 1 fully saturated rings. The average Bonchev–Trinajstić information content (AvgIpc) is 2.70. The summed E-state index contributed by atoms with van der Waals surface area (Å²) >= 11 is 0. The minimum Gasteiger partial charge on any atom is -0.395 e. The topological polar surface area (TPSA) is 453 Å². The zero-order valence-corrected chi connectivity index (χ0v) is 51.3. The summed E-state index contributed by atoms with van der Waals surface area (Å²) in [5, 5.41) is 48.1. The van der Waals surface area contributed by atoms with Crippen LogP contribution in [0.25, 0.3) is 0 Å². The van der Waals surface area contributed by atoms with Crippen LogP contribution >= 0.6 is 0 Å². The van der Waals surface area contributed by atoms with E-state index in [0.29, 0.717) is 67.2 Å². The predicted molar refractivity (Wildman–Crippen MR) is 343 cm³/mol. The number of nitrogen functional groups attached to an aromatic ring is 6. The van der Waals surface area contributed by atoms with Crippen molar-refractivity contribution in [1.29, 1.82) is 0 Å². The van der Waals surface area contributed by atoms with Crippen molar-refractivity contribution in [2.24, 2.45) is 0 Å². The maximum Gasteiger partial charge on any atom is 0.292 e. The monoisotopic (exact) mass is 1240 g/mol. The van der Waals surface area contributed by atoms with E-state index >= 15 is 0 Å². The number of hydrogen-bond acceptors (Lipinski definition) is 22. The molecule has 6 aromatic heterocycles. The van der Waals surface area contributed by atoms with Crippen LogP contribution in [-0.4, -0.2) is 154 Å². The molecule has 88 heavy (non-hydrogen) atoms. The minimum atomic E-state index is -0.461. The van der Waals surface area contributed by atoms with Crippen LogP contribution in [-0.2, 0) is 78.5 Å². The van der Waals surface area contributed by atoms with E-state index in [2.05, 4.69) is 30.8 Å². The van der Waals surface area contributed by atoms with Gasteiger partial charge in [0, 0.05) is 130 Å². The van der Waals surface area contributed by atoms with Crippen molar-refractivity contribution < 1.29 is 20.4 Å². The molecule has 20 N–H and O–H groups in total. The molecule has 0 amide bonds. The van der Waals surface area contributed by atoms with E-state index in [0.717, 1.165) is 148 Å². The largest absolute Gasteiger partial charge is 0.395 e. The van der Waals surface area contributed by atoms with Crippen LogP contribution in [0.3, 0.4) is 0 Å². The summed E-state index contributed by atoms with van der Waals surface area (Å²) in [7, 11) is 0. The SMILES string of the molecule is CC(C)Nc1c(N)c(=O)n2n1CCC2.CC(O)CNc1c(N)c(=O)n2n1CCC2.CCNc1c(N)c(=O)n2n1CCC2.Nc1c(N(CCO)CCO)n2n(c1=O)CCC2.Nc1c(N2CCCC2)n2n(c1=O)CCC2.Nc1c(NCCO)n2n(c1=O)CCC2. The van der Waals surface area contributed by atoms with Crippen molar-refractivity contribution in [3.63, 3.8) is 0 Å². The van der Waals surface area contributed by atoms with Crippen molar-refractivity contribution >= 4 is 69.0 Å². The van der Waals surface area contributed by atoms with Gasteiger partial charge in [0.25, 0.3) is 33.4 Å². The first-order chi connectivity index (χ1) is 42.2. The summed E-state index contributed by atoms with van der Waals surface area (Å²) < 4.78 is 21.5.